The van der Waals surface area contributed by atoms with Gasteiger partial charge in [-0.25, -0.2) is 4.39 Å². The molecule has 0 aliphatic carbocycles. The van der Waals surface area contributed by atoms with Crippen molar-refractivity contribution in [2.75, 3.05) is 7.05 Å². The van der Waals surface area contributed by atoms with Crippen molar-refractivity contribution in [3.8, 4) is 0 Å². The number of halogens is 1. The molecule has 0 saturated heterocycles. The summed E-state index contributed by atoms with van der Waals surface area (Å²) in [4.78, 5) is 16.3. The van der Waals surface area contributed by atoms with E-state index in [2.05, 4.69) is 28.5 Å². The monoisotopic (exact) mass is 348 g/mol. The van der Waals surface area contributed by atoms with Crippen LogP contribution in [0.25, 0.3) is 10.8 Å². The third-order valence-electron chi connectivity index (χ3n) is 4.34. The first-order valence-corrected chi connectivity index (χ1v) is 8.61. The standard InChI is InChI=1S/C22H21FN2O/c1-24-15-18-9-8-17(20-4-2-3-5-21(18)20)10-13-22(26)25-14-16-6-11-19(23)12-7-16/h2-9,11-12,15H,10,13-14H2,1H3,(H,25,26). The highest BCUT2D eigenvalue weighted by atomic mass is 19.1. The number of hydrogen-bond acceptors (Lipinski definition) is 2. The van der Waals surface area contributed by atoms with E-state index in [4.69, 9.17) is 0 Å². The third kappa shape index (κ3) is 4.33. The number of aryl methyl sites for hydroxylation is 1. The summed E-state index contributed by atoms with van der Waals surface area (Å²) in [6.45, 7) is 0.408. The Morgan fingerprint density at radius 1 is 1.04 bits per heavy atom. The van der Waals surface area contributed by atoms with E-state index in [9.17, 15) is 9.18 Å². The second kappa shape index (κ2) is 8.39. The lowest BCUT2D eigenvalue weighted by Gasteiger charge is -2.10. The Morgan fingerprint density at radius 2 is 1.77 bits per heavy atom. The van der Waals surface area contributed by atoms with E-state index in [1.165, 1.54) is 12.1 Å². The molecule has 0 aliphatic rings. The van der Waals surface area contributed by atoms with Crippen molar-refractivity contribution in [2.45, 2.75) is 19.4 Å². The molecule has 1 amide bonds. The lowest BCUT2D eigenvalue weighted by atomic mass is 9.97. The van der Waals surface area contributed by atoms with Crippen LogP contribution >= 0.6 is 0 Å². The summed E-state index contributed by atoms with van der Waals surface area (Å²) in [6.07, 6.45) is 2.92. The molecule has 4 heteroatoms. The molecule has 0 saturated carbocycles. The molecule has 3 aromatic carbocycles. The molecule has 0 aromatic heterocycles. The third-order valence-corrected chi connectivity index (χ3v) is 4.34. The molecule has 3 nitrogen and oxygen atoms in total. The number of hydrogen-bond donors (Lipinski definition) is 1. The zero-order valence-corrected chi connectivity index (χ0v) is 14.7. The number of rotatable bonds is 6. The Morgan fingerprint density at radius 3 is 2.50 bits per heavy atom. The first-order valence-electron chi connectivity index (χ1n) is 8.61. The SMILES string of the molecule is CN=Cc1ccc(CCC(=O)NCc2ccc(F)cc2)c2ccccc12. The van der Waals surface area contributed by atoms with E-state index in [0.717, 1.165) is 27.5 Å². The lowest BCUT2D eigenvalue weighted by molar-refractivity contribution is -0.121. The van der Waals surface area contributed by atoms with Gasteiger partial charge in [-0.05, 0) is 40.5 Å². The summed E-state index contributed by atoms with van der Waals surface area (Å²) >= 11 is 0. The minimum Gasteiger partial charge on any atom is -0.352 e. The van der Waals surface area contributed by atoms with Gasteiger partial charge in [0, 0.05) is 31.8 Å². The highest BCUT2D eigenvalue weighted by Gasteiger charge is 2.07. The normalized spacial score (nSPS) is 11.2. The largest absolute Gasteiger partial charge is 0.352 e. The topological polar surface area (TPSA) is 41.5 Å². The van der Waals surface area contributed by atoms with Crippen LogP contribution in [0.3, 0.4) is 0 Å². The highest BCUT2D eigenvalue weighted by Crippen LogP contribution is 2.23. The Hall–Kier alpha value is -3.01. The van der Waals surface area contributed by atoms with Gasteiger partial charge >= 0.3 is 0 Å². The van der Waals surface area contributed by atoms with Crippen molar-refractivity contribution in [3.05, 3.63) is 83.2 Å². The fraction of sp³-hybridized carbons (Fsp3) is 0.182. The Kier molecular flexibility index (Phi) is 5.74. The van der Waals surface area contributed by atoms with Gasteiger partial charge in [0.05, 0.1) is 0 Å². The number of carbonyl (C=O) groups excluding carboxylic acids is 1. The van der Waals surface area contributed by atoms with E-state index in [0.29, 0.717) is 19.4 Å². The van der Waals surface area contributed by atoms with Crippen molar-refractivity contribution in [1.82, 2.24) is 5.32 Å². The quantitative estimate of drug-likeness (QED) is 0.664. The van der Waals surface area contributed by atoms with Crippen molar-refractivity contribution >= 4 is 22.9 Å². The molecule has 0 atom stereocenters. The molecule has 0 unspecified atom stereocenters. The van der Waals surface area contributed by atoms with E-state index >= 15 is 0 Å². The van der Waals surface area contributed by atoms with E-state index in [1.54, 1.807) is 19.2 Å². The zero-order valence-electron chi connectivity index (χ0n) is 14.7. The fourth-order valence-electron chi connectivity index (χ4n) is 2.99. The molecule has 26 heavy (non-hydrogen) atoms. The number of aliphatic imine (C=N–C) groups is 1. The maximum atomic E-state index is 12.9. The number of amides is 1. The van der Waals surface area contributed by atoms with Gasteiger partial charge in [0.1, 0.15) is 5.82 Å². The van der Waals surface area contributed by atoms with Crippen LogP contribution in [0.15, 0.2) is 65.7 Å². The van der Waals surface area contributed by atoms with E-state index < -0.39 is 0 Å². The molecule has 0 spiro atoms. The molecule has 132 valence electrons. The van der Waals surface area contributed by atoms with Crippen LogP contribution in [0.2, 0.25) is 0 Å². The number of benzene rings is 3. The van der Waals surface area contributed by atoms with Crippen molar-refractivity contribution < 1.29 is 9.18 Å². The first kappa shape index (κ1) is 17.8. The number of nitrogens with one attached hydrogen (secondary N) is 1. The number of nitrogens with zero attached hydrogens (tertiary/aromatic N) is 1. The molecule has 0 heterocycles. The van der Waals surface area contributed by atoms with Crippen LogP contribution < -0.4 is 5.32 Å². The smallest absolute Gasteiger partial charge is 0.220 e. The Balaban J connectivity index is 1.65. The van der Waals surface area contributed by atoms with E-state index in [1.807, 2.05) is 24.4 Å². The Labute approximate surface area is 152 Å². The fourth-order valence-corrected chi connectivity index (χ4v) is 2.99. The molecule has 3 rings (SSSR count). The number of fused-ring (bicyclic) bond motifs is 1. The average molecular weight is 348 g/mol. The van der Waals surface area contributed by atoms with Crippen LogP contribution in [0.4, 0.5) is 4.39 Å². The zero-order chi connectivity index (χ0) is 18.4. The summed E-state index contributed by atoms with van der Waals surface area (Å²) < 4.78 is 12.9. The molecule has 0 bridgehead atoms. The second-order valence-electron chi connectivity index (χ2n) is 6.15. The first-order chi connectivity index (χ1) is 12.7. The van der Waals surface area contributed by atoms with Gasteiger partial charge in [-0.2, -0.15) is 0 Å². The maximum absolute atomic E-state index is 12.9. The van der Waals surface area contributed by atoms with E-state index in [-0.39, 0.29) is 11.7 Å². The summed E-state index contributed by atoms with van der Waals surface area (Å²) in [5, 5.41) is 5.18. The summed E-state index contributed by atoms with van der Waals surface area (Å²) in [7, 11) is 1.76. The van der Waals surface area contributed by atoms with Gasteiger partial charge in [-0.15, -0.1) is 0 Å². The van der Waals surface area contributed by atoms with Crippen LogP contribution in [0.1, 0.15) is 23.1 Å². The second-order valence-corrected chi connectivity index (χ2v) is 6.15. The van der Waals surface area contributed by atoms with Crippen LogP contribution in [-0.4, -0.2) is 19.2 Å². The molecule has 1 N–H and O–H groups in total. The van der Waals surface area contributed by atoms with Gasteiger partial charge in [0.25, 0.3) is 0 Å². The summed E-state index contributed by atoms with van der Waals surface area (Å²) in [6, 6.07) is 18.4. The minimum absolute atomic E-state index is 0.0161. The predicted molar refractivity (Wildman–Crippen MR) is 104 cm³/mol. The number of carbonyl (C=O) groups is 1. The van der Waals surface area contributed by atoms with Gasteiger partial charge in [-0.3, -0.25) is 9.79 Å². The molecule has 0 fully saturated rings. The van der Waals surface area contributed by atoms with Crippen molar-refractivity contribution in [3.63, 3.8) is 0 Å². The summed E-state index contributed by atoms with van der Waals surface area (Å²) in [5.74, 6) is -0.291. The van der Waals surface area contributed by atoms with Crippen LogP contribution in [0.5, 0.6) is 0 Å². The van der Waals surface area contributed by atoms with Crippen LogP contribution in [-0.2, 0) is 17.8 Å². The lowest BCUT2D eigenvalue weighted by Crippen LogP contribution is -2.23. The average Bonchev–Trinajstić information content (AvgIpc) is 2.67. The molecule has 3 aromatic rings. The Bertz CT molecular complexity index is 933. The van der Waals surface area contributed by atoms with Gasteiger partial charge in [0.2, 0.25) is 5.91 Å². The minimum atomic E-state index is -0.275. The van der Waals surface area contributed by atoms with Crippen molar-refractivity contribution in [2.24, 2.45) is 4.99 Å². The van der Waals surface area contributed by atoms with Gasteiger partial charge in [0.15, 0.2) is 0 Å². The molecular weight excluding hydrogens is 327 g/mol. The molecular formula is C22H21FN2O. The molecule has 0 radical (unpaired) electrons. The van der Waals surface area contributed by atoms with Gasteiger partial charge in [-0.1, -0.05) is 48.5 Å². The molecule has 0 aliphatic heterocycles. The van der Waals surface area contributed by atoms with Gasteiger partial charge < -0.3 is 5.32 Å². The summed E-state index contributed by atoms with van der Waals surface area (Å²) in [5.41, 5.74) is 3.10. The maximum Gasteiger partial charge on any atom is 0.220 e. The van der Waals surface area contributed by atoms with Crippen LogP contribution in [0, 0.1) is 5.82 Å². The highest BCUT2D eigenvalue weighted by molar-refractivity contribution is 6.01. The predicted octanol–water partition coefficient (Wildman–Crippen LogP) is 4.28. The van der Waals surface area contributed by atoms with Crippen molar-refractivity contribution in [1.29, 1.82) is 0 Å².